The van der Waals surface area contributed by atoms with Gasteiger partial charge in [0.25, 0.3) is 0 Å². The maximum atomic E-state index is 11.0. The van der Waals surface area contributed by atoms with Crippen molar-refractivity contribution in [1.82, 2.24) is 0 Å². The first-order valence-corrected chi connectivity index (χ1v) is 14.6. The summed E-state index contributed by atoms with van der Waals surface area (Å²) in [6.45, 7) is -1.09. The van der Waals surface area contributed by atoms with Gasteiger partial charge in [0.1, 0.15) is 54.9 Å². The lowest BCUT2D eigenvalue weighted by Gasteiger charge is -2.49. The lowest BCUT2D eigenvalue weighted by Crippen LogP contribution is -2.65. The first-order chi connectivity index (χ1) is 19.9. The number of ether oxygens (including phenoxy) is 5. The highest BCUT2D eigenvalue weighted by molar-refractivity contribution is 5.00. The first kappa shape index (κ1) is 32.7. The standard InChI is InChI=1S/C26H44O16/c27-6-17-20(35)21(36)24(42-25-22(37)19(34)14(32)7-38-25)26(41-17)40-16-5-10-11(29)3-9(28)4-15(10)39-23(16)8-1-12(30)18(33)13(31)2-8/h8-37H,1-7H2/p+1/t8?,9?,10?,11?,12?,13?,14-,15?,16?,17-,18?,19+,20+,21+,22-,23?,24-,25+,26-/m1/s1. The van der Waals surface area contributed by atoms with Crippen LogP contribution in [0.2, 0.25) is 0 Å². The molecule has 42 heavy (non-hydrogen) atoms. The molecule has 0 spiro atoms. The van der Waals surface area contributed by atoms with E-state index in [0.29, 0.717) is 6.42 Å². The van der Waals surface area contributed by atoms with Gasteiger partial charge < -0.3 is 79.9 Å². The minimum atomic E-state index is -1.73. The highest BCUT2D eigenvalue weighted by Gasteiger charge is 2.56. The van der Waals surface area contributed by atoms with Crippen molar-refractivity contribution in [3.63, 3.8) is 0 Å². The summed E-state index contributed by atoms with van der Waals surface area (Å²) >= 11 is 0. The molecule has 16 nitrogen and oxygen atoms in total. The molecule has 3 saturated heterocycles. The second kappa shape index (κ2) is 13.4. The molecule has 0 radical (unpaired) electrons. The first-order valence-electron chi connectivity index (χ1n) is 14.6. The Labute approximate surface area is 241 Å². The lowest BCUT2D eigenvalue weighted by atomic mass is 9.72. The summed E-state index contributed by atoms with van der Waals surface area (Å²) < 4.78 is 28.1. The molecular weight excluding hydrogens is 568 g/mol. The van der Waals surface area contributed by atoms with Crippen LogP contribution in [-0.2, 0) is 18.9 Å². The van der Waals surface area contributed by atoms with Crippen LogP contribution in [0.5, 0.6) is 0 Å². The van der Waals surface area contributed by atoms with Gasteiger partial charge in [-0.1, -0.05) is 0 Å². The van der Waals surface area contributed by atoms with E-state index in [0.717, 1.165) is 0 Å². The Kier molecular flexibility index (Phi) is 10.4. The van der Waals surface area contributed by atoms with Crippen molar-refractivity contribution in [1.29, 1.82) is 0 Å². The van der Waals surface area contributed by atoms with Crippen molar-refractivity contribution in [3.8, 4) is 0 Å². The molecule has 2 saturated carbocycles. The van der Waals surface area contributed by atoms with E-state index < -0.39 is 129 Å². The zero-order valence-electron chi connectivity index (χ0n) is 22.9. The average molecular weight is 614 g/mol. The molecule has 0 bridgehead atoms. The predicted molar refractivity (Wildman–Crippen MR) is 135 cm³/mol. The van der Waals surface area contributed by atoms with E-state index in [1.54, 1.807) is 0 Å². The quantitative estimate of drug-likeness (QED) is 0.124. The van der Waals surface area contributed by atoms with Gasteiger partial charge in [0.2, 0.25) is 0 Å². The number of aliphatic hydroxyl groups is 13. The third kappa shape index (κ3) is 6.50. The van der Waals surface area contributed by atoms with Crippen molar-refractivity contribution >= 4 is 0 Å². The molecule has 16 heteroatoms. The summed E-state index contributed by atoms with van der Waals surface area (Å²) in [6, 6.07) is 0. The zero-order valence-corrected chi connectivity index (χ0v) is 22.9. The Hall–Kier alpha value is -0.640. The number of rotatable bonds is 6. The van der Waals surface area contributed by atoms with Crippen LogP contribution in [0.25, 0.3) is 0 Å². The van der Waals surface area contributed by atoms with E-state index in [9.17, 15) is 56.2 Å². The van der Waals surface area contributed by atoms with Crippen LogP contribution in [0.1, 0.15) is 32.1 Å². The Morgan fingerprint density at radius 2 is 1.33 bits per heavy atom. The smallest absolute Gasteiger partial charge is 0.187 e. The van der Waals surface area contributed by atoms with Crippen LogP contribution in [-0.4, -0.2) is 178 Å². The summed E-state index contributed by atoms with van der Waals surface area (Å²) in [5.74, 6) is -0.918. The molecule has 5 fully saturated rings. The van der Waals surface area contributed by atoms with Gasteiger partial charge in [-0.05, 0) is 19.3 Å². The van der Waals surface area contributed by atoms with Crippen LogP contribution < -0.4 is 0 Å². The summed E-state index contributed by atoms with van der Waals surface area (Å²) in [4.78, 5) is 0. The third-order valence-corrected chi connectivity index (χ3v) is 9.50. The minimum Gasteiger partial charge on any atom is -0.427 e. The molecule has 0 amide bonds. The SMILES string of the molecule is OC[C@H]1O[C@@H](OC2CC3C(O)CC(O)CC3[OH+]C2C2CC(O)C(O)C(O)C2)[C@H](O[C@@H]2OC[C@@H](O)[C@H](O)[C@H]2O)[C@@H](O)[C@H]1O. The molecule has 8 unspecified atom stereocenters. The Morgan fingerprint density at radius 1 is 0.643 bits per heavy atom. The van der Waals surface area contributed by atoms with Gasteiger partial charge in [-0.15, -0.1) is 0 Å². The number of hydrogen-bond acceptors (Lipinski definition) is 15. The molecule has 3 heterocycles. The van der Waals surface area contributed by atoms with Gasteiger partial charge >= 0.3 is 0 Å². The zero-order chi connectivity index (χ0) is 30.5. The molecule has 17 atom stereocenters. The van der Waals surface area contributed by atoms with Crippen molar-refractivity contribution in [3.05, 3.63) is 0 Å². The highest BCUT2D eigenvalue weighted by Crippen LogP contribution is 2.42. The fourth-order valence-corrected chi connectivity index (χ4v) is 7.10. The topological polar surface area (TPSA) is 272 Å². The monoisotopic (exact) mass is 613 g/mol. The van der Waals surface area contributed by atoms with Crippen molar-refractivity contribution in [2.45, 2.75) is 136 Å². The second-order valence-corrected chi connectivity index (χ2v) is 12.4. The van der Waals surface area contributed by atoms with Crippen LogP contribution in [0.3, 0.4) is 0 Å². The van der Waals surface area contributed by atoms with Crippen LogP contribution >= 0.6 is 0 Å². The van der Waals surface area contributed by atoms with E-state index in [-0.39, 0.29) is 25.7 Å². The Morgan fingerprint density at radius 3 is 2.00 bits per heavy atom. The average Bonchev–Trinajstić information content (AvgIpc) is 2.95. The fraction of sp³-hybridized carbons (Fsp3) is 1.00. The van der Waals surface area contributed by atoms with E-state index in [4.69, 9.17) is 23.7 Å². The Bertz CT molecular complexity index is 871. The van der Waals surface area contributed by atoms with E-state index in [1.807, 2.05) is 0 Å². The fourth-order valence-electron chi connectivity index (χ4n) is 7.10. The molecule has 0 aromatic heterocycles. The van der Waals surface area contributed by atoms with Crippen LogP contribution in [0.15, 0.2) is 0 Å². The molecule has 0 aromatic rings. The molecule has 5 aliphatic rings. The van der Waals surface area contributed by atoms with Crippen LogP contribution in [0.4, 0.5) is 0 Å². The molecule has 12 N–H and O–H groups in total. The van der Waals surface area contributed by atoms with Gasteiger partial charge in [0.15, 0.2) is 24.8 Å². The largest absolute Gasteiger partial charge is 0.427 e. The van der Waals surface area contributed by atoms with E-state index in [2.05, 4.69) is 0 Å². The predicted octanol–water partition coefficient (Wildman–Crippen LogP) is -6.07. The van der Waals surface area contributed by atoms with Gasteiger partial charge in [0, 0.05) is 18.8 Å². The van der Waals surface area contributed by atoms with Crippen LogP contribution in [0, 0.1) is 11.8 Å². The minimum absolute atomic E-state index is 0.0725. The second-order valence-electron chi connectivity index (χ2n) is 12.4. The summed E-state index contributed by atoms with van der Waals surface area (Å²) in [6.07, 6.45) is -20.8. The molecule has 244 valence electrons. The number of aliphatic hydroxyl groups excluding tert-OH is 11. The summed E-state index contributed by atoms with van der Waals surface area (Å²) in [5, 5.41) is 114. The molecular formula is C26H45O16+. The van der Waals surface area contributed by atoms with Gasteiger partial charge in [-0.2, -0.15) is 0 Å². The van der Waals surface area contributed by atoms with Gasteiger partial charge in [0.05, 0.1) is 43.5 Å². The number of fused-ring (bicyclic) bond motifs is 1. The molecule has 3 aliphatic heterocycles. The van der Waals surface area contributed by atoms with Crippen molar-refractivity contribution < 1.29 is 79.9 Å². The van der Waals surface area contributed by atoms with Crippen molar-refractivity contribution in [2.24, 2.45) is 11.8 Å². The van der Waals surface area contributed by atoms with Gasteiger partial charge in [-0.25, -0.2) is 0 Å². The maximum Gasteiger partial charge on any atom is 0.187 e. The Balaban J connectivity index is 1.40. The normalized spacial score (nSPS) is 55.6. The lowest BCUT2D eigenvalue weighted by molar-refractivity contribution is -0.381. The molecule has 5 rings (SSSR count). The highest BCUT2D eigenvalue weighted by atomic mass is 16.8. The molecule has 0 aromatic carbocycles. The maximum absolute atomic E-state index is 11.0. The summed E-state index contributed by atoms with van der Waals surface area (Å²) in [5.41, 5.74) is 0. The third-order valence-electron chi connectivity index (χ3n) is 9.50. The van der Waals surface area contributed by atoms with E-state index >= 15 is 0 Å². The summed E-state index contributed by atoms with van der Waals surface area (Å²) in [7, 11) is 0. The van der Waals surface area contributed by atoms with E-state index in [1.165, 1.54) is 0 Å². The van der Waals surface area contributed by atoms with Crippen molar-refractivity contribution in [2.75, 3.05) is 13.2 Å². The number of hydrogen-bond donors (Lipinski definition) is 11. The molecule has 2 aliphatic carbocycles. The van der Waals surface area contributed by atoms with Gasteiger partial charge in [-0.3, -0.25) is 0 Å².